The molecular formula is C36H22N2O4S2. The summed E-state index contributed by atoms with van der Waals surface area (Å²) in [5, 5.41) is 22.4. The van der Waals surface area contributed by atoms with Crippen LogP contribution < -0.4 is 0 Å². The van der Waals surface area contributed by atoms with Crippen molar-refractivity contribution in [3.63, 3.8) is 0 Å². The topological polar surface area (TPSA) is 76.6 Å². The quantitative estimate of drug-likeness (QED) is 0.204. The first-order chi connectivity index (χ1) is 21.4. The second-order valence-electron chi connectivity index (χ2n) is 11.5. The fourth-order valence-electron chi connectivity index (χ4n) is 6.70. The van der Waals surface area contributed by atoms with E-state index in [-0.39, 0.29) is 11.5 Å². The molecule has 0 unspecified atom stereocenters. The highest BCUT2D eigenvalue weighted by Gasteiger charge is 2.29. The average molecular weight is 611 g/mol. The largest absolute Gasteiger partial charge is 0.508 e. The van der Waals surface area contributed by atoms with E-state index in [2.05, 4.69) is 59.4 Å². The van der Waals surface area contributed by atoms with Crippen LogP contribution >= 0.6 is 22.7 Å². The highest BCUT2D eigenvalue weighted by molar-refractivity contribution is 7.37. The maximum atomic E-state index is 10.1. The lowest BCUT2D eigenvalue weighted by molar-refractivity contribution is 0.474. The van der Waals surface area contributed by atoms with Gasteiger partial charge < -0.3 is 28.2 Å². The van der Waals surface area contributed by atoms with E-state index < -0.39 is 0 Å². The van der Waals surface area contributed by atoms with Crippen LogP contribution in [-0.2, 0) is 0 Å². The molecular weight excluding hydrogens is 589 g/mol. The van der Waals surface area contributed by atoms with Crippen LogP contribution in [0.1, 0.15) is 11.1 Å². The molecule has 0 aliphatic rings. The standard InChI is InChI=1S/C36H22N2O4S2/c1-17-3-13-23-25(15-17)41-31-27(23)37(19-5-9-21(39)10-6-19)29-33(31)43-36-30-34(44-35(29)36)32-28(24-14-4-18(2)16-26(24)42-32)38(30)20-7-11-22(40)12-8-20/h3-16,39-40H,1-2H3. The van der Waals surface area contributed by atoms with Gasteiger partial charge >= 0.3 is 0 Å². The normalized spacial score (nSPS) is 12.5. The van der Waals surface area contributed by atoms with Crippen LogP contribution in [0.3, 0.4) is 0 Å². The van der Waals surface area contributed by atoms with Crippen LogP contribution in [0.4, 0.5) is 0 Å². The third-order valence-corrected chi connectivity index (χ3v) is 11.1. The molecule has 0 amide bonds. The Balaban J connectivity index is 1.42. The third kappa shape index (κ3) is 3.03. The number of fused-ring (bicyclic) bond motifs is 13. The first kappa shape index (κ1) is 24.3. The number of phenols is 2. The summed E-state index contributed by atoms with van der Waals surface area (Å²) in [6, 6.07) is 27.4. The number of benzene rings is 4. The zero-order valence-electron chi connectivity index (χ0n) is 23.5. The number of thiophene rings is 2. The average Bonchev–Trinajstić information content (AvgIpc) is 3.82. The molecule has 0 spiro atoms. The van der Waals surface area contributed by atoms with Crippen molar-refractivity contribution in [1.82, 2.24) is 9.13 Å². The van der Waals surface area contributed by atoms with Crippen LogP contribution in [0.5, 0.6) is 11.5 Å². The summed E-state index contributed by atoms with van der Waals surface area (Å²) in [5.41, 5.74) is 11.9. The summed E-state index contributed by atoms with van der Waals surface area (Å²) in [6.45, 7) is 4.15. The number of aromatic nitrogens is 2. The zero-order valence-corrected chi connectivity index (χ0v) is 25.1. The monoisotopic (exact) mass is 610 g/mol. The van der Waals surface area contributed by atoms with Crippen molar-refractivity contribution >= 4 is 96.6 Å². The summed E-state index contributed by atoms with van der Waals surface area (Å²) in [6.07, 6.45) is 0. The SMILES string of the molecule is Cc1ccc2c(c1)oc1c3sc4c(sc5c6oc7cc(C)ccc7c6n(-c6ccc(O)cc6)c54)c3n(-c3ccc(O)cc3)c21. The van der Waals surface area contributed by atoms with Crippen LogP contribution in [0.25, 0.3) is 85.3 Å². The molecule has 0 fully saturated rings. The molecule has 0 saturated carbocycles. The zero-order chi connectivity index (χ0) is 29.4. The van der Waals surface area contributed by atoms with E-state index in [9.17, 15) is 10.2 Å². The van der Waals surface area contributed by atoms with Crippen molar-refractivity contribution in [3.05, 3.63) is 96.1 Å². The lowest BCUT2D eigenvalue weighted by atomic mass is 10.2. The fourth-order valence-corrected chi connectivity index (χ4v) is 9.49. The van der Waals surface area contributed by atoms with Gasteiger partial charge in [-0.1, -0.05) is 12.1 Å². The summed E-state index contributed by atoms with van der Waals surface area (Å²) >= 11 is 3.48. The molecule has 0 atom stereocenters. The summed E-state index contributed by atoms with van der Waals surface area (Å²) < 4.78 is 22.3. The predicted molar refractivity (Wildman–Crippen MR) is 181 cm³/mol. The van der Waals surface area contributed by atoms with Gasteiger partial charge in [-0.2, -0.15) is 0 Å². The number of hydrogen-bond acceptors (Lipinski definition) is 6. The van der Waals surface area contributed by atoms with Crippen molar-refractivity contribution < 1.29 is 19.0 Å². The number of rotatable bonds is 2. The second-order valence-corrected chi connectivity index (χ2v) is 13.5. The van der Waals surface area contributed by atoms with Crippen molar-refractivity contribution in [3.8, 4) is 22.9 Å². The number of furan rings is 2. The third-order valence-electron chi connectivity index (χ3n) is 8.64. The van der Waals surface area contributed by atoms with Crippen LogP contribution in [-0.4, -0.2) is 19.3 Å². The molecule has 8 heteroatoms. The predicted octanol–water partition coefficient (Wildman–Crippen LogP) is 10.7. The van der Waals surface area contributed by atoms with E-state index in [1.807, 2.05) is 24.3 Å². The van der Waals surface area contributed by atoms with E-state index in [1.165, 1.54) is 0 Å². The van der Waals surface area contributed by atoms with Crippen molar-refractivity contribution in [1.29, 1.82) is 0 Å². The van der Waals surface area contributed by atoms with Crippen molar-refractivity contribution in [2.45, 2.75) is 13.8 Å². The molecule has 212 valence electrons. The van der Waals surface area contributed by atoms with E-state index in [1.54, 1.807) is 46.9 Å². The number of aromatic hydroxyl groups is 2. The minimum Gasteiger partial charge on any atom is -0.508 e. The van der Waals surface area contributed by atoms with Crippen molar-refractivity contribution in [2.24, 2.45) is 0 Å². The van der Waals surface area contributed by atoms with Gasteiger partial charge in [0, 0.05) is 22.1 Å². The second kappa shape index (κ2) is 8.25. The highest BCUT2D eigenvalue weighted by Crippen LogP contribution is 2.54. The van der Waals surface area contributed by atoms with Gasteiger partial charge in [0.2, 0.25) is 0 Å². The Bertz CT molecular complexity index is 2610. The molecule has 0 aliphatic carbocycles. The van der Waals surface area contributed by atoms with E-state index in [4.69, 9.17) is 8.83 Å². The van der Waals surface area contributed by atoms with Crippen LogP contribution in [0.2, 0.25) is 0 Å². The smallest absolute Gasteiger partial charge is 0.171 e. The molecule has 0 aliphatic heterocycles. The van der Waals surface area contributed by atoms with Gasteiger partial charge in [0.05, 0.1) is 29.8 Å². The highest BCUT2D eigenvalue weighted by atomic mass is 32.1. The van der Waals surface area contributed by atoms with E-state index >= 15 is 0 Å². The first-order valence-electron chi connectivity index (χ1n) is 14.3. The number of hydrogen-bond donors (Lipinski definition) is 2. The maximum absolute atomic E-state index is 10.1. The van der Waals surface area contributed by atoms with Gasteiger partial charge in [-0.15, -0.1) is 22.7 Å². The van der Waals surface area contributed by atoms with E-state index in [0.29, 0.717) is 0 Å². The summed E-state index contributed by atoms with van der Waals surface area (Å²) in [4.78, 5) is 0. The minimum absolute atomic E-state index is 0.226. The first-order valence-corrected chi connectivity index (χ1v) is 15.9. The number of aryl methyl sites for hydroxylation is 2. The Morgan fingerprint density at radius 3 is 1.32 bits per heavy atom. The van der Waals surface area contributed by atoms with Gasteiger partial charge in [-0.25, -0.2) is 0 Å². The molecule has 44 heavy (non-hydrogen) atoms. The van der Waals surface area contributed by atoms with Crippen LogP contribution in [0, 0.1) is 13.8 Å². The van der Waals surface area contributed by atoms with Gasteiger partial charge in [0.15, 0.2) is 11.2 Å². The lowest BCUT2D eigenvalue weighted by Crippen LogP contribution is -1.93. The van der Waals surface area contributed by atoms with Crippen LogP contribution in [0.15, 0.2) is 93.8 Å². The summed E-state index contributed by atoms with van der Waals surface area (Å²) in [5.74, 6) is 0.452. The van der Waals surface area contributed by atoms with E-state index in [0.717, 1.165) is 96.5 Å². The molecule has 0 bridgehead atoms. The molecule has 10 aromatic rings. The molecule has 10 rings (SSSR count). The van der Waals surface area contributed by atoms with Gasteiger partial charge in [-0.3, -0.25) is 0 Å². The van der Waals surface area contributed by atoms with Crippen molar-refractivity contribution in [2.75, 3.05) is 0 Å². The molecule has 6 heterocycles. The number of phenolic OH excluding ortho intramolecular Hbond substituents is 2. The Morgan fingerprint density at radius 1 is 0.500 bits per heavy atom. The summed E-state index contributed by atoms with van der Waals surface area (Å²) in [7, 11) is 0. The minimum atomic E-state index is 0.226. The Morgan fingerprint density at radius 2 is 0.909 bits per heavy atom. The molecule has 2 N–H and O–H groups in total. The van der Waals surface area contributed by atoms with Gasteiger partial charge in [0.1, 0.15) is 33.7 Å². The molecule has 4 aromatic carbocycles. The van der Waals surface area contributed by atoms with Gasteiger partial charge in [-0.05, 0) is 97.8 Å². The number of nitrogens with zero attached hydrogens (tertiary/aromatic N) is 2. The molecule has 0 saturated heterocycles. The molecule has 0 radical (unpaired) electrons. The molecule has 6 nitrogen and oxygen atoms in total. The van der Waals surface area contributed by atoms with Gasteiger partial charge in [0.25, 0.3) is 0 Å². The lowest BCUT2D eigenvalue weighted by Gasteiger charge is -2.07. The maximum Gasteiger partial charge on any atom is 0.171 e. The Labute approximate surface area is 256 Å². The Hall–Kier alpha value is -5.18. The fraction of sp³-hybridized carbons (Fsp3) is 0.0556. The molecule has 6 aromatic heterocycles. The Kier molecular flexibility index (Phi) is 4.55.